The highest BCUT2D eigenvalue weighted by Crippen LogP contribution is 2.43. The molecule has 0 spiro atoms. The molecule has 3 aliphatic rings. The Bertz CT molecular complexity index is 1630. The van der Waals surface area contributed by atoms with Crippen LogP contribution in [0.5, 0.6) is 0 Å². The highest BCUT2D eigenvalue weighted by atomic mass is 16.7. The highest BCUT2D eigenvalue weighted by molar-refractivity contribution is 5.89. The van der Waals surface area contributed by atoms with Crippen molar-refractivity contribution in [2.24, 2.45) is 28.8 Å². The number of esters is 2. The van der Waals surface area contributed by atoms with Crippen LogP contribution in [0, 0.1) is 23.7 Å². The van der Waals surface area contributed by atoms with Crippen LogP contribution >= 0.6 is 0 Å². The molecule has 3 saturated heterocycles. The van der Waals surface area contributed by atoms with Gasteiger partial charge in [0.1, 0.15) is 11.9 Å². The van der Waals surface area contributed by atoms with E-state index in [1.807, 2.05) is 25.9 Å². The first-order valence-electron chi connectivity index (χ1n) is 20.6. The summed E-state index contributed by atoms with van der Waals surface area (Å²) in [5.74, 6) is -4.82. The molecule has 1 aromatic rings. The zero-order valence-electron chi connectivity index (χ0n) is 36.0. The topological polar surface area (TPSA) is 199 Å². The number of unbranched alkanes of at least 4 members (excludes halogenated alkanes) is 1. The second kappa shape index (κ2) is 20.0. The number of carbonyl (C=O) groups is 4. The number of Topliss-reactive ketones (excluding diaryl/α,β-unsaturated/α-hetero) is 1. The molecule has 14 atom stereocenters. The van der Waals surface area contributed by atoms with Crippen LogP contribution in [-0.4, -0.2) is 133 Å². The number of amides is 1. The fraction of sp³-hybridized carbons (Fsp3) is 0.762. The summed E-state index contributed by atoms with van der Waals surface area (Å²) in [7, 11) is 5.28. The van der Waals surface area contributed by atoms with Gasteiger partial charge in [-0.3, -0.25) is 9.59 Å². The molecule has 324 valence electrons. The lowest BCUT2D eigenvalue weighted by molar-refractivity contribution is -0.300. The minimum atomic E-state index is -1.41. The lowest BCUT2D eigenvalue weighted by Crippen LogP contribution is -2.61. The van der Waals surface area contributed by atoms with Crippen molar-refractivity contribution >= 4 is 23.8 Å². The number of fused-ring (bicyclic) bond motifs is 1. The first-order chi connectivity index (χ1) is 27.3. The number of likely N-dealkylation sites (N-methyl/N-ethyl adjacent to an activating group) is 1. The number of hydrogen-bond donors (Lipinski definition) is 1. The van der Waals surface area contributed by atoms with Gasteiger partial charge >= 0.3 is 18.0 Å². The van der Waals surface area contributed by atoms with Crippen LogP contribution in [0.1, 0.15) is 97.9 Å². The molecular weight excluding hydrogens is 750 g/mol. The summed E-state index contributed by atoms with van der Waals surface area (Å²) in [4.78, 5) is 62.2. The predicted octanol–water partition coefficient (Wildman–Crippen LogP) is 5.94. The Kier molecular flexibility index (Phi) is 16.2. The molecule has 1 aromatic carbocycles. The fourth-order valence-electron chi connectivity index (χ4n) is 9.25. The minimum absolute atomic E-state index is 0.114. The van der Waals surface area contributed by atoms with E-state index < -0.39 is 89.7 Å². The number of rotatable bonds is 12. The third-order valence-electron chi connectivity index (χ3n) is 12.6. The van der Waals surface area contributed by atoms with E-state index in [0.717, 1.165) is 0 Å². The molecule has 3 aliphatic heterocycles. The predicted molar refractivity (Wildman–Crippen MR) is 213 cm³/mol. The maximum Gasteiger partial charge on any atom is 0.410 e. The molecule has 0 aliphatic carbocycles. The van der Waals surface area contributed by atoms with Gasteiger partial charge in [-0.2, -0.15) is 0 Å². The number of hydrogen-bond acceptors (Lipinski definition) is 13. The van der Waals surface area contributed by atoms with Crippen LogP contribution < -0.4 is 0 Å². The molecule has 16 heteroatoms. The maximum absolute atomic E-state index is 14.7. The first kappa shape index (κ1) is 46.9. The third-order valence-corrected chi connectivity index (χ3v) is 12.6. The van der Waals surface area contributed by atoms with Crippen LogP contribution in [0.3, 0.4) is 0 Å². The smallest absolute Gasteiger partial charge is 0.410 e. The molecule has 1 amide bonds. The monoisotopic (exact) mass is 815 g/mol. The SMILES string of the molecule is CC[C@H]1OC(=O)[C@H](C)[C@H](O)[C@H](C)[C@@H](O[C@@H]2O[C@H](C)C[C@H](N(C)C)[C@H]2OC(=O)c2ccccc2)[C@@](C)(OC)C[C@@H](C)C(=O)[C@H](C)[C@H]2N(CCCCN=[N+]=[N-])C(=O)O[C@]12C. The number of carbonyl (C=O) groups excluding carboxylic acids is 4. The van der Waals surface area contributed by atoms with Gasteiger partial charge < -0.3 is 43.3 Å². The van der Waals surface area contributed by atoms with Crippen molar-refractivity contribution in [3.05, 3.63) is 46.3 Å². The van der Waals surface area contributed by atoms with Gasteiger partial charge in [0.25, 0.3) is 0 Å². The summed E-state index contributed by atoms with van der Waals surface area (Å²) in [6.45, 7) is 14.5. The summed E-state index contributed by atoms with van der Waals surface area (Å²) in [5.41, 5.74) is 6.38. The van der Waals surface area contributed by atoms with E-state index in [-0.39, 0.29) is 43.9 Å². The van der Waals surface area contributed by atoms with E-state index in [1.54, 1.807) is 78.8 Å². The normalized spacial score (nSPS) is 37.6. The van der Waals surface area contributed by atoms with Gasteiger partial charge in [-0.15, -0.1) is 0 Å². The second-order valence-corrected chi connectivity index (χ2v) is 17.0. The van der Waals surface area contributed by atoms with E-state index in [4.69, 9.17) is 34.0 Å². The third kappa shape index (κ3) is 10.1. The van der Waals surface area contributed by atoms with Gasteiger partial charge in [0, 0.05) is 42.9 Å². The van der Waals surface area contributed by atoms with Crippen molar-refractivity contribution in [3.8, 4) is 0 Å². The summed E-state index contributed by atoms with van der Waals surface area (Å²) >= 11 is 0. The Morgan fingerprint density at radius 3 is 2.34 bits per heavy atom. The van der Waals surface area contributed by atoms with Gasteiger partial charge in [0.05, 0.1) is 47.5 Å². The Morgan fingerprint density at radius 2 is 1.74 bits per heavy atom. The largest absolute Gasteiger partial charge is 0.458 e. The molecule has 0 radical (unpaired) electrons. The highest BCUT2D eigenvalue weighted by Gasteiger charge is 2.60. The van der Waals surface area contributed by atoms with Crippen LogP contribution in [0.4, 0.5) is 4.79 Å². The molecular formula is C42H65N5O11. The van der Waals surface area contributed by atoms with Crippen LogP contribution in [-0.2, 0) is 38.0 Å². The van der Waals surface area contributed by atoms with E-state index >= 15 is 0 Å². The number of aliphatic hydroxyl groups excluding tert-OH is 1. The standard InChI is InChI=1S/C42H65N5O11/c1-12-31-42(8)35(47(40(52)58-42)21-17-16-20-44-45-43)26(4)32(48)24(2)23-41(7,53-11)36(27(5)33(49)28(6)37(50)55-31)57-39-34(30(46(9)10)22-25(3)54-39)56-38(51)29-18-14-13-15-19-29/h13-15,18-19,24-28,30-31,33-36,39,49H,12,16-17,20-23H2,1-11H3/t24-,25-,26+,27+,28-,30+,31-,33-,34-,35-,36-,39+,41+,42-/m1/s1. The van der Waals surface area contributed by atoms with E-state index in [9.17, 15) is 24.3 Å². The molecule has 3 heterocycles. The average Bonchev–Trinajstić information content (AvgIpc) is 3.46. The quantitative estimate of drug-likeness (QED) is 0.0652. The Labute approximate surface area is 342 Å². The first-order valence-corrected chi connectivity index (χ1v) is 20.6. The number of benzene rings is 1. The minimum Gasteiger partial charge on any atom is -0.458 e. The summed E-state index contributed by atoms with van der Waals surface area (Å²) in [6, 6.07) is 7.49. The lowest BCUT2D eigenvalue weighted by Gasteiger charge is -2.48. The summed E-state index contributed by atoms with van der Waals surface area (Å²) in [5, 5.41) is 15.7. The van der Waals surface area contributed by atoms with E-state index in [1.165, 1.54) is 12.0 Å². The van der Waals surface area contributed by atoms with Crippen LogP contribution in [0.15, 0.2) is 35.4 Å². The van der Waals surface area contributed by atoms with Gasteiger partial charge in [-0.05, 0) is 91.6 Å². The second-order valence-electron chi connectivity index (χ2n) is 17.0. The molecule has 0 aromatic heterocycles. The molecule has 16 nitrogen and oxygen atoms in total. The average molecular weight is 816 g/mol. The number of cyclic esters (lactones) is 1. The van der Waals surface area contributed by atoms with Crippen LogP contribution in [0.25, 0.3) is 10.4 Å². The van der Waals surface area contributed by atoms with Crippen molar-refractivity contribution in [1.82, 2.24) is 9.80 Å². The number of nitrogens with zero attached hydrogens (tertiary/aromatic N) is 5. The molecule has 0 saturated carbocycles. The molecule has 1 N–H and O–H groups in total. The van der Waals surface area contributed by atoms with Crippen molar-refractivity contribution in [3.63, 3.8) is 0 Å². The number of aliphatic hydroxyl groups is 1. The molecule has 58 heavy (non-hydrogen) atoms. The Balaban J connectivity index is 1.78. The van der Waals surface area contributed by atoms with Crippen molar-refractivity contribution in [2.45, 2.75) is 148 Å². The molecule has 0 unspecified atom stereocenters. The number of ketones is 1. The van der Waals surface area contributed by atoms with Crippen molar-refractivity contribution < 1.29 is 52.7 Å². The zero-order valence-corrected chi connectivity index (χ0v) is 36.0. The van der Waals surface area contributed by atoms with E-state index in [0.29, 0.717) is 24.8 Å². The Morgan fingerprint density at radius 1 is 1.07 bits per heavy atom. The van der Waals surface area contributed by atoms with Gasteiger partial charge in [-0.25, -0.2) is 9.59 Å². The lowest BCUT2D eigenvalue weighted by atomic mass is 9.73. The molecule has 3 fully saturated rings. The van der Waals surface area contributed by atoms with Crippen LogP contribution in [0.2, 0.25) is 0 Å². The number of methoxy groups -OCH3 is 1. The van der Waals surface area contributed by atoms with Crippen molar-refractivity contribution in [2.75, 3.05) is 34.3 Å². The Hall–Kier alpha value is -3.79. The summed E-state index contributed by atoms with van der Waals surface area (Å²) in [6.07, 6.45) is -4.45. The molecule has 4 rings (SSSR count). The fourth-order valence-corrected chi connectivity index (χ4v) is 9.25. The maximum atomic E-state index is 14.7. The molecule has 0 bridgehead atoms. The van der Waals surface area contributed by atoms with Crippen molar-refractivity contribution in [1.29, 1.82) is 0 Å². The van der Waals surface area contributed by atoms with Gasteiger partial charge in [0.15, 0.2) is 18.0 Å². The van der Waals surface area contributed by atoms with Gasteiger partial charge in [-0.1, -0.05) is 51.0 Å². The number of ether oxygens (including phenoxy) is 6. The summed E-state index contributed by atoms with van der Waals surface area (Å²) < 4.78 is 38.0. The number of azide groups is 1. The van der Waals surface area contributed by atoms with Gasteiger partial charge in [0.2, 0.25) is 0 Å². The zero-order chi connectivity index (χ0) is 43.1. The van der Waals surface area contributed by atoms with E-state index in [2.05, 4.69) is 10.0 Å².